The van der Waals surface area contributed by atoms with Gasteiger partial charge in [-0.25, -0.2) is 4.79 Å². The van der Waals surface area contributed by atoms with Gasteiger partial charge in [0.2, 0.25) is 17.1 Å². The Morgan fingerprint density at radius 1 is 0.553 bits per heavy atom. The highest BCUT2D eigenvalue weighted by Gasteiger charge is 2.28. The van der Waals surface area contributed by atoms with Gasteiger partial charge in [0.15, 0.2) is 0 Å². The molecule has 0 radical (unpaired) electrons. The summed E-state index contributed by atoms with van der Waals surface area (Å²) in [6.45, 7) is 0. The summed E-state index contributed by atoms with van der Waals surface area (Å²) in [5.74, 6) is -0.955. The second-order valence-corrected chi connectivity index (χ2v) is 8.27. The van der Waals surface area contributed by atoms with Gasteiger partial charge in [0, 0.05) is 29.3 Å². The fraction of sp³-hybridized carbons (Fsp3) is 0. The molecule has 8 heteroatoms. The van der Waals surface area contributed by atoms with Gasteiger partial charge in [0.1, 0.15) is 5.56 Å². The molecule has 1 heterocycles. The van der Waals surface area contributed by atoms with Crippen molar-refractivity contribution in [3.8, 4) is 39.3 Å². The normalized spacial score (nSPS) is 10.8. The lowest BCUT2D eigenvalue weighted by Crippen LogP contribution is -2.38. The van der Waals surface area contributed by atoms with Crippen molar-refractivity contribution in [1.82, 2.24) is 0 Å². The highest BCUT2D eigenvalue weighted by atomic mass is 19.5. The third-order valence-corrected chi connectivity index (χ3v) is 5.69. The van der Waals surface area contributed by atoms with Crippen LogP contribution in [0.3, 0.4) is 0 Å². The zero-order valence-electron chi connectivity index (χ0n) is 20.0. The van der Waals surface area contributed by atoms with Crippen molar-refractivity contribution in [3.63, 3.8) is 0 Å². The first kappa shape index (κ1) is 26.4. The number of aromatic carboxylic acids is 1. The summed E-state index contributed by atoms with van der Waals surface area (Å²) >= 11 is 0. The molecular weight excluding hydrogens is 493 g/mol. The molecule has 0 aliphatic carbocycles. The number of aromatic nitrogens is 1. The highest BCUT2D eigenvalue weighted by molar-refractivity contribution is 6.50. The van der Waals surface area contributed by atoms with Crippen molar-refractivity contribution in [2.45, 2.75) is 0 Å². The SMILES string of the molecule is F[B-](F)(F)F.O=C(O)c1ccccc1-[n+]1c(-c2ccccc2)cc(-c2ccccc2)cc1-c1ccccc1. The molecule has 0 unspecified atom stereocenters. The van der Waals surface area contributed by atoms with Gasteiger partial charge in [-0.15, -0.1) is 0 Å². The zero-order valence-corrected chi connectivity index (χ0v) is 20.0. The number of nitrogens with zero attached hydrogens (tertiary/aromatic N) is 1. The molecule has 0 amide bonds. The number of pyridine rings is 1. The first-order chi connectivity index (χ1) is 18.2. The van der Waals surface area contributed by atoms with E-state index in [1.54, 1.807) is 12.1 Å². The molecule has 0 atom stereocenters. The molecule has 5 aromatic rings. The summed E-state index contributed by atoms with van der Waals surface area (Å²) < 4.78 is 41.1. The Balaban J connectivity index is 0.000000617. The van der Waals surface area contributed by atoms with Crippen molar-refractivity contribution < 1.29 is 31.7 Å². The molecule has 0 aliphatic heterocycles. The summed E-state index contributed by atoms with van der Waals surface area (Å²) in [6, 6.07) is 41.9. The second kappa shape index (κ2) is 11.6. The van der Waals surface area contributed by atoms with Crippen LogP contribution in [0.15, 0.2) is 127 Å². The van der Waals surface area contributed by atoms with E-state index in [0.29, 0.717) is 5.69 Å². The number of halogens is 4. The first-order valence-corrected chi connectivity index (χ1v) is 11.7. The van der Waals surface area contributed by atoms with Crippen molar-refractivity contribution in [1.29, 1.82) is 0 Å². The van der Waals surface area contributed by atoms with Gasteiger partial charge in [-0.3, -0.25) is 0 Å². The van der Waals surface area contributed by atoms with E-state index < -0.39 is 13.2 Å². The summed E-state index contributed by atoms with van der Waals surface area (Å²) in [6.07, 6.45) is 0. The maximum atomic E-state index is 12.2. The first-order valence-electron chi connectivity index (χ1n) is 11.7. The molecule has 0 bridgehead atoms. The molecule has 1 N–H and O–H groups in total. The Bertz CT molecular complexity index is 1460. The fourth-order valence-corrected chi connectivity index (χ4v) is 4.14. The van der Waals surface area contributed by atoms with Crippen molar-refractivity contribution in [3.05, 3.63) is 133 Å². The lowest BCUT2D eigenvalue weighted by Gasteiger charge is -2.13. The Morgan fingerprint density at radius 2 is 0.921 bits per heavy atom. The molecule has 0 saturated carbocycles. The number of hydrogen-bond donors (Lipinski definition) is 1. The van der Waals surface area contributed by atoms with Crippen LogP contribution in [0.2, 0.25) is 0 Å². The minimum absolute atomic E-state index is 0.254. The summed E-state index contributed by atoms with van der Waals surface area (Å²) in [5.41, 5.74) is 6.91. The topological polar surface area (TPSA) is 41.2 Å². The Kier molecular flexibility index (Phi) is 8.02. The van der Waals surface area contributed by atoms with E-state index in [0.717, 1.165) is 33.6 Å². The van der Waals surface area contributed by atoms with Crippen LogP contribution in [0.5, 0.6) is 0 Å². The standard InChI is InChI=1S/C30H21NO2.BF4/c32-30(33)26-18-10-11-19-27(26)31-28(23-14-6-2-7-15-23)20-25(22-12-4-1-5-13-22)21-29(31)24-16-8-3-9-17-24;2-1(3,4)5/h1-21H;/q;-1/p+1. The van der Waals surface area contributed by atoms with Gasteiger partial charge in [0.05, 0.1) is 0 Å². The van der Waals surface area contributed by atoms with E-state index in [2.05, 4.69) is 53.1 Å². The summed E-state index contributed by atoms with van der Waals surface area (Å²) in [5, 5.41) is 9.97. The number of hydrogen-bond acceptors (Lipinski definition) is 1. The second-order valence-electron chi connectivity index (χ2n) is 8.27. The maximum absolute atomic E-state index is 12.2. The van der Waals surface area contributed by atoms with E-state index in [4.69, 9.17) is 0 Å². The highest BCUT2D eigenvalue weighted by Crippen LogP contribution is 2.31. The van der Waals surface area contributed by atoms with Crippen molar-refractivity contribution >= 4 is 13.2 Å². The molecule has 5 rings (SSSR count). The predicted octanol–water partition coefficient (Wildman–Crippen LogP) is 7.96. The number of benzene rings is 4. The van der Waals surface area contributed by atoms with E-state index in [1.165, 1.54) is 0 Å². The van der Waals surface area contributed by atoms with Crippen LogP contribution in [0, 0.1) is 0 Å². The van der Waals surface area contributed by atoms with Gasteiger partial charge in [-0.2, -0.15) is 4.57 Å². The summed E-state index contributed by atoms with van der Waals surface area (Å²) in [7, 11) is -6.00. The average Bonchev–Trinajstić information content (AvgIpc) is 2.93. The molecule has 0 saturated heterocycles. The maximum Gasteiger partial charge on any atom is 0.673 e. The molecule has 38 heavy (non-hydrogen) atoms. The molecular formula is C30H22BF4NO2. The van der Waals surface area contributed by atoms with Crippen LogP contribution in [0.4, 0.5) is 17.3 Å². The quantitative estimate of drug-likeness (QED) is 0.147. The molecule has 3 nitrogen and oxygen atoms in total. The summed E-state index contributed by atoms with van der Waals surface area (Å²) in [4.78, 5) is 12.2. The van der Waals surface area contributed by atoms with Crippen LogP contribution < -0.4 is 4.57 Å². The van der Waals surface area contributed by atoms with E-state index in [1.807, 2.05) is 66.7 Å². The predicted molar refractivity (Wildman–Crippen MR) is 141 cm³/mol. The smallest absolute Gasteiger partial charge is 0.477 e. The van der Waals surface area contributed by atoms with E-state index in [9.17, 15) is 27.2 Å². The monoisotopic (exact) mass is 515 g/mol. The van der Waals surface area contributed by atoms with Gasteiger partial charge < -0.3 is 22.4 Å². The molecule has 0 fully saturated rings. The Morgan fingerprint density at radius 3 is 1.34 bits per heavy atom. The molecule has 4 aromatic carbocycles. The van der Waals surface area contributed by atoms with Crippen LogP contribution >= 0.6 is 0 Å². The van der Waals surface area contributed by atoms with Crippen LogP contribution in [0.25, 0.3) is 39.3 Å². The lowest BCUT2D eigenvalue weighted by atomic mass is 9.98. The molecule has 1 aromatic heterocycles. The van der Waals surface area contributed by atoms with Crippen molar-refractivity contribution in [2.75, 3.05) is 0 Å². The lowest BCUT2D eigenvalue weighted by molar-refractivity contribution is -0.572. The number of rotatable bonds is 5. The molecule has 0 spiro atoms. The van der Waals surface area contributed by atoms with E-state index >= 15 is 0 Å². The van der Waals surface area contributed by atoms with Gasteiger partial charge in [-0.1, -0.05) is 78.9 Å². The minimum atomic E-state index is -6.00. The number of carbonyl (C=O) groups is 1. The van der Waals surface area contributed by atoms with Gasteiger partial charge in [-0.05, 0) is 41.5 Å². The van der Waals surface area contributed by atoms with Gasteiger partial charge >= 0.3 is 13.2 Å². The Hall–Kier alpha value is -4.72. The van der Waals surface area contributed by atoms with Crippen LogP contribution in [0.1, 0.15) is 10.4 Å². The third kappa shape index (κ3) is 6.53. The molecule has 190 valence electrons. The van der Waals surface area contributed by atoms with Crippen LogP contribution in [-0.2, 0) is 0 Å². The number of carboxylic acids is 1. The Labute approximate surface area is 217 Å². The fourth-order valence-electron chi connectivity index (χ4n) is 4.14. The number of para-hydroxylation sites is 1. The van der Waals surface area contributed by atoms with Gasteiger partial charge in [0.25, 0.3) is 0 Å². The minimum Gasteiger partial charge on any atom is -0.477 e. The average molecular weight is 515 g/mol. The number of carboxylic acid groups (broad SMARTS) is 1. The van der Waals surface area contributed by atoms with Crippen molar-refractivity contribution in [2.24, 2.45) is 0 Å². The largest absolute Gasteiger partial charge is 0.673 e. The van der Waals surface area contributed by atoms with E-state index in [-0.39, 0.29) is 5.56 Å². The van der Waals surface area contributed by atoms with Crippen LogP contribution in [-0.4, -0.2) is 18.3 Å². The third-order valence-electron chi connectivity index (χ3n) is 5.69. The zero-order chi connectivity index (χ0) is 27.1. The molecule has 0 aliphatic rings.